The number of nitrogens with one attached hydrogen (secondary N) is 2. The number of hydrogen-bond donors (Lipinski definition) is 3. The van der Waals surface area contributed by atoms with Gasteiger partial charge in [0.05, 0.1) is 22.6 Å². The van der Waals surface area contributed by atoms with Gasteiger partial charge >= 0.3 is 6.18 Å². The standard InChI is InChI=1S/C21H23F6N3O/c1-2-3-4-14(22)17(23)20(31)30-16-10-9-15(18(24)19(16)28)29-11-12-5-7-13(8-6-12)21(25,26)27/h5-10,14,17,29H,2-4,11,28H2,1H3,(H,30,31)/t14-,17+/m1/s1. The number of carbonyl (C=O) groups is 1. The Bertz CT molecular complexity index is 886. The predicted octanol–water partition coefficient (Wildman–Crippen LogP) is 5.84. The van der Waals surface area contributed by atoms with Crippen LogP contribution in [0.15, 0.2) is 36.4 Å². The summed E-state index contributed by atoms with van der Waals surface area (Å²) in [5, 5.41) is 4.77. The number of rotatable bonds is 9. The fraction of sp³-hybridized carbons (Fsp3) is 0.381. The smallest absolute Gasteiger partial charge is 0.395 e. The third kappa shape index (κ3) is 6.53. The number of benzene rings is 2. The molecule has 31 heavy (non-hydrogen) atoms. The predicted molar refractivity (Wildman–Crippen MR) is 108 cm³/mol. The number of nitrogen functional groups attached to an aromatic ring is 1. The average Bonchev–Trinajstić information content (AvgIpc) is 2.73. The van der Waals surface area contributed by atoms with Gasteiger partial charge in [0.2, 0.25) is 6.17 Å². The second-order valence-corrected chi connectivity index (χ2v) is 6.99. The van der Waals surface area contributed by atoms with Gasteiger partial charge in [0.15, 0.2) is 5.82 Å². The summed E-state index contributed by atoms with van der Waals surface area (Å²) in [6.45, 7) is 1.81. The summed E-state index contributed by atoms with van der Waals surface area (Å²) in [4.78, 5) is 11.9. The quantitative estimate of drug-likeness (QED) is 0.334. The van der Waals surface area contributed by atoms with Crippen LogP contribution < -0.4 is 16.4 Å². The van der Waals surface area contributed by atoms with Crippen molar-refractivity contribution in [1.82, 2.24) is 0 Å². The van der Waals surface area contributed by atoms with Gasteiger partial charge in [-0.3, -0.25) is 4.79 Å². The van der Waals surface area contributed by atoms with Gasteiger partial charge < -0.3 is 16.4 Å². The Labute approximate surface area is 175 Å². The second kappa shape index (κ2) is 10.4. The molecular formula is C21H23F6N3O. The molecule has 0 radical (unpaired) electrons. The molecule has 0 aliphatic carbocycles. The number of halogens is 6. The number of unbranched alkanes of at least 4 members (excludes halogenated alkanes) is 1. The van der Waals surface area contributed by atoms with E-state index >= 15 is 0 Å². The molecule has 0 unspecified atom stereocenters. The van der Waals surface area contributed by atoms with Crippen LogP contribution in [0.25, 0.3) is 0 Å². The van der Waals surface area contributed by atoms with Gasteiger partial charge in [-0.05, 0) is 36.2 Å². The molecule has 2 atom stereocenters. The molecule has 0 saturated carbocycles. The largest absolute Gasteiger partial charge is 0.416 e. The molecule has 170 valence electrons. The topological polar surface area (TPSA) is 67.2 Å². The molecule has 4 nitrogen and oxygen atoms in total. The van der Waals surface area contributed by atoms with E-state index in [1.54, 1.807) is 6.92 Å². The molecule has 0 aromatic heterocycles. The Morgan fingerprint density at radius 2 is 1.68 bits per heavy atom. The maximum atomic E-state index is 14.5. The molecule has 2 aromatic rings. The molecule has 0 fully saturated rings. The molecule has 0 aliphatic heterocycles. The van der Waals surface area contributed by atoms with E-state index in [1.807, 2.05) is 0 Å². The lowest BCUT2D eigenvalue weighted by molar-refractivity contribution is -0.137. The Morgan fingerprint density at radius 1 is 1.06 bits per heavy atom. The van der Waals surface area contributed by atoms with E-state index in [1.165, 1.54) is 24.3 Å². The van der Waals surface area contributed by atoms with E-state index in [9.17, 15) is 31.1 Å². The highest BCUT2D eigenvalue weighted by Gasteiger charge is 2.30. The number of nitrogens with two attached hydrogens (primary N) is 1. The zero-order chi connectivity index (χ0) is 23.2. The van der Waals surface area contributed by atoms with Gasteiger partial charge in [0, 0.05) is 6.54 Å². The maximum Gasteiger partial charge on any atom is 0.416 e. The summed E-state index contributed by atoms with van der Waals surface area (Å²) >= 11 is 0. The maximum absolute atomic E-state index is 14.5. The lowest BCUT2D eigenvalue weighted by Crippen LogP contribution is -2.32. The summed E-state index contributed by atoms with van der Waals surface area (Å²) in [5.74, 6) is -2.21. The van der Waals surface area contributed by atoms with Crippen molar-refractivity contribution in [2.45, 2.75) is 51.3 Å². The SMILES string of the molecule is CCCC[C@@H](F)[C@H](F)C(=O)Nc1ccc(NCc2ccc(C(F)(F)F)cc2)c(F)c1N. The highest BCUT2D eigenvalue weighted by Crippen LogP contribution is 2.31. The fourth-order valence-corrected chi connectivity index (χ4v) is 2.76. The summed E-state index contributed by atoms with van der Waals surface area (Å²) in [6, 6.07) is 6.76. The van der Waals surface area contributed by atoms with Crippen molar-refractivity contribution in [3.8, 4) is 0 Å². The van der Waals surface area contributed by atoms with Gasteiger partial charge in [0.1, 0.15) is 6.17 Å². The first-order valence-electron chi connectivity index (χ1n) is 9.61. The lowest BCUT2D eigenvalue weighted by atomic mass is 10.1. The number of amides is 1. The molecule has 0 spiro atoms. The van der Waals surface area contributed by atoms with Gasteiger partial charge in [-0.1, -0.05) is 31.9 Å². The van der Waals surface area contributed by atoms with Crippen LogP contribution in [-0.2, 0) is 17.5 Å². The van der Waals surface area contributed by atoms with Gasteiger partial charge in [-0.2, -0.15) is 13.2 Å². The van der Waals surface area contributed by atoms with Crippen LogP contribution in [0.3, 0.4) is 0 Å². The molecule has 0 aliphatic rings. The number of alkyl halides is 5. The number of anilines is 3. The minimum Gasteiger partial charge on any atom is -0.395 e. The molecule has 2 aromatic carbocycles. The molecule has 0 saturated heterocycles. The van der Waals surface area contributed by atoms with Crippen molar-refractivity contribution in [3.63, 3.8) is 0 Å². The monoisotopic (exact) mass is 447 g/mol. The highest BCUT2D eigenvalue weighted by molar-refractivity contribution is 5.97. The van der Waals surface area contributed by atoms with Crippen molar-refractivity contribution in [2.24, 2.45) is 0 Å². The van der Waals surface area contributed by atoms with E-state index < -0.39 is 41.5 Å². The molecular weight excluding hydrogens is 424 g/mol. The van der Waals surface area contributed by atoms with Crippen LogP contribution in [0, 0.1) is 5.82 Å². The Morgan fingerprint density at radius 3 is 2.26 bits per heavy atom. The third-order valence-electron chi connectivity index (χ3n) is 4.60. The van der Waals surface area contributed by atoms with Gasteiger partial charge in [-0.25, -0.2) is 13.2 Å². The molecule has 0 heterocycles. The van der Waals surface area contributed by atoms with Gasteiger partial charge in [-0.15, -0.1) is 0 Å². The molecule has 4 N–H and O–H groups in total. The van der Waals surface area contributed by atoms with E-state index in [0.29, 0.717) is 18.4 Å². The van der Waals surface area contributed by atoms with Crippen LogP contribution in [0.1, 0.15) is 37.3 Å². The lowest BCUT2D eigenvalue weighted by Gasteiger charge is -2.16. The van der Waals surface area contributed by atoms with Crippen LogP contribution in [0.4, 0.5) is 43.4 Å². The van der Waals surface area contributed by atoms with Crippen LogP contribution in [0.2, 0.25) is 0 Å². The van der Waals surface area contributed by atoms with Crippen LogP contribution in [0.5, 0.6) is 0 Å². The number of hydrogen-bond acceptors (Lipinski definition) is 3. The van der Waals surface area contributed by atoms with E-state index in [0.717, 1.165) is 12.1 Å². The zero-order valence-corrected chi connectivity index (χ0v) is 16.7. The first kappa shape index (κ1) is 24.4. The normalized spacial score (nSPS) is 13.5. The summed E-state index contributed by atoms with van der Waals surface area (Å²) in [7, 11) is 0. The number of carbonyl (C=O) groups excluding carboxylic acids is 1. The van der Waals surface area contributed by atoms with E-state index in [4.69, 9.17) is 5.73 Å². The Kier molecular flexibility index (Phi) is 8.18. The second-order valence-electron chi connectivity index (χ2n) is 6.99. The van der Waals surface area contributed by atoms with E-state index in [-0.39, 0.29) is 24.3 Å². The van der Waals surface area contributed by atoms with E-state index in [2.05, 4.69) is 10.6 Å². The molecule has 0 bridgehead atoms. The first-order valence-corrected chi connectivity index (χ1v) is 9.61. The van der Waals surface area contributed by atoms with Crippen molar-refractivity contribution in [3.05, 3.63) is 53.3 Å². The average molecular weight is 447 g/mol. The summed E-state index contributed by atoms with van der Waals surface area (Å²) in [6.07, 6.45) is -7.88. The van der Waals surface area contributed by atoms with Crippen LogP contribution in [-0.4, -0.2) is 18.3 Å². The third-order valence-corrected chi connectivity index (χ3v) is 4.60. The van der Waals surface area contributed by atoms with Gasteiger partial charge in [0.25, 0.3) is 5.91 Å². The molecule has 10 heteroatoms. The molecule has 2 rings (SSSR count). The first-order chi connectivity index (χ1) is 14.5. The van der Waals surface area contributed by atoms with Crippen molar-refractivity contribution in [1.29, 1.82) is 0 Å². The molecule has 1 amide bonds. The minimum atomic E-state index is -4.45. The van der Waals surface area contributed by atoms with Crippen molar-refractivity contribution in [2.75, 3.05) is 16.4 Å². The van der Waals surface area contributed by atoms with Crippen molar-refractivity contribution >= 4 is 23.0 Å². The Hall–Kier alpha value is -2.91. The van der Waals surface area contributed by atoms with Crippen molar-refractivity contribution < 1.29 is 31.1 Å². The van der Waals surface area contributed by atoms with Crippen LogP contribution >= 0.6 is 0 Å². The Balaban J connectivity index is 2.02. The zero-order valence-electron chi connectivity index (χ0n) is 16.7. The minimum absolute atomic E-state index is 0.00766. The highest BCUT2D eigenvalue weighted by atomic mass is 19.4. The summed E-state index contributed by atoms with van der Waals surface area (Å²) in [5.41, 5.74) is 4.54. The fourth-order valence-electron chi connectivity index (χ4n) is 2.76. The summed E-state index contributed by atoms with van der Waals surface area (Å²) < 4.78 is 79.9.